The van der Waals surface area contributed by atoms with Crippen LogP contribution in [0.25, 0.3) is 0 Å². The predicted molar refractivity (Wildman–Crippen MR) is 74.5 cm³/mol. The maximum atomic E-state index is 11.8. The van der Waals surface area contributed by atoms with Crippen molar-refractivity contribution in [3.63, 3.8) is 0 Å². The molecule has 0 N–H and O–H groups in total. The molecule has 1 aromatic heterocycles. The molecule has 1 atom stereocenters. The van der Waals surface area contributed by atoms with Crippen molar-refractivity contribution >= 4 is 17.6 Å². The number of aromatic nitrogens is 1. The summed E-state index contributed by atoms with van der Waals surface area (Å²) in [7, 11) is 1.39. The first kappa shape index (κ1) is 15.1. The highest BCUT2D eigenvalue weighted by Crippen LogP contribution is 2.35. The van der Waals surface area contributed by atoms with Crippen molar-refractivity contribution in [2.24, 2.45) is 0 Å². The van der Waals surface area contributed by atoms with Crippen LogP contribution in [-0.2, 0) is 11.3 Å². The summed E-state index contributed by atoms with van der Waals surface area (Å²) in [6, 6.07) is 0. The van der Waals surface area contributed by atoms with Crippen LogP contribution in [0, 0.1) is 6.92 Å². The van der Waals surface area contributed by atoms with Crippen molar-refractivity contribution in [2.45, 2.75) is 53.0 Å². The van der Waals surface area contributed by atoms with Gasteiger partial charge in [0.25, 0.3) is 0 Å². The molecule has 0 bridgehead atoms. The Balaban J connectivity index is 3.44. The number of carbonyl (C=O) groups excluding carboxylic acids is 1. The van der Waals surface area contributed by atoms with Gasteiger partial charge in [0.2, 0.25) is 0 Å². The molecule has 0 spiro atoms. The molecule has 102 valence electrons. The Bertz CT molecular complexity index is 437. The zero-order valence-electron chi connectivity index (χ0n) is 11.8. The first-order chi connectivity index (χ1) is 8.49. The summed E-state index contributed by atoms with van der Waals surface area (Å²) in [6.45, 7) is 9.18. The van der Waals surface area contributed by atoms with Gasteiger partial charge in [-0.25, -0.2) is 4.79 Å². The zero-order chi connectivity index (χ0) is 13.9. The number of halogens is 1. The summed E-state index contributed by atoms with van der Waals surface area (Å²) in [4.78, 5) is 11.8. The van der Waals surface area contributed by atoms with Gasteiger partial charge in [-0.2, -0.15) is 0 Å². The van der Waals surface area contributed by atoms with Gasteiger partial charge < -0.3 is 9.30 Å². The fraction of sp³-hybridized carbons (Fsp3) is 0.643. The number of ether oxygens (including phenoxy) is 1. The number of hydrogen-bond donors (Lipinski definition) is 0. The van der Waals surface area contributed by atoms with E-state index in [1.165, 1.54) is 7.11 Å². The lowest BCUT2D eigenvalue weighted by atomic mass is 10.0. The summed E-state index contributed by atoms with van der Waals surface area (Å²) in [5.41, 5.74) is 2.48. The van der Waals surface area contributed by atoms with Crippen molar-refractivity contribution in [1.29, 1.82) is 0 Å². The molecule has 3 nitrogen and oxygen atoms in total. The Morgan fingerprint density at radius 2 is 2.06 bits per heavy atom. The molecular formula is C14H22ClNO2. The van der Waals surface area contributed by atoms with Gasteiger partial charge in [0.05, 0.1) is 17.7 Å². The van der Waals surface area contributed by atoms with Crippen molar-refractivity contribution in [2.75, 3.05) is 7.11 Å². The van der Waals surface area contributed by atoms with E-state index in [0.29, 0.717) is 16.5 Å². The highest BCUT2D eigenvalue weighted by atomic mass is 35.5. The summed E-state index contributed by atoms with van der Waals surface area (Å²) >= 11 is 6.40. The number of nitrogens with zero attached hydrogens (tertiary/aromatic N) is 1. The first-order valence-corrected chi connectivity index (χ1v) is 6.84. The summed E-state index contributed by atoms with van der Waals surface area (Å²) in [5, 5.41) is 0.558. The van der Waals surface area contributed by atoms with Gasteiger partial charge in [-0.1, -0.05) is 32.4 Å². The quantitative estimate of drug-likeness (QED) is 0.753. The Hall–Kier alpha value is -0.960. The van der Waals surface area contributed by atoms with Crippen LogP contribution in [0.1, 0.15) is 61.3 Å². The summed E-state index contributed by atoms with van der Waals surface area (Å²) in [5.74, 6) is -0.0157. The van der Waals surface area contributed by atoms with E-state index >= 15 is 0 Å². The van der Waals surface area contributed by atoms with Crippen LogP contribution in [-0.4, -0.2) is 17.6 Å². The summed E-state index contributed by atoms with van der Waals surface area (Å²) in [6.07, 6.45) is 2.00. The Kier molecular flexibility index (Phi) is 5.27. The first-order valence-electron chi connectivity index (χ1n) is 6.46. The van der Waals surface area contributed by atoms with Crippen LogP contribution in [0.4, 0.5) is 0 Å². The van der Waals surface area contributed by atoms with Crippen molar-refractivity contribution in [3.8, 4) is 0 Å². The minimum Gasteiger partial charge on any atom is -0.465 e. The van der Waals surface area contributed by atoms with Crippen LogP contribution < -0.4 is 0 Å². The minimum atomic E-state index is -0.350. The molecule has 1 rings (SSSR count). The van der Waals surface area contributed by atoms with Crippen molar-refractivity contribution in [3.05, 3.63) is 22.0 Å². The van der Waals surface area contributed by atoms with E-state index < -0.39 is 0 Å². The number of carbonyl (C=O) groups is 1. The highest BCUT2D eigenvalue weighted by molar-refractivity contribution is 6.34. The Labute approximate surface area is 114 Å². The largest absolute Gasteiger partial charge is 0.465 e. The fourth-order valence-electron chi connectivity index (χ4n) is 2.25. The lowest BCUT2D eigenvalue weighted by Gasteiger charge is -2.15. The average Bonchev–Trinajstić information content (AvgIpc) is 2.60. The predicted octanol–water partition coefficient (Wildman–Crippen LogP) is 4.16. The molecule has 0 aliphatic carbocycles. The van der Waals surface area contributed by atoms with Gasteiger partial charge in [0, 0.05) is 17.9 Å². The lowest BCUT2D eigenvalue weighted by Crippen LogP contribution is -2.08. The zero-order valence-corrected chi connectivity index (χ0v) is 12.6. The molecule has 0 aliphatic heterocycles. The van der Waals surface area contributed by atoms with Gasteiger partial charge >= 0.3 is 5.97 Å². The molecule has 4 heteroatoms. The summed E-state index contributed by atoms with van der Waals surface area (Å²) < 4.78 is 6.98. The molecule has 1 heterocycles. The molecule has 0 amide bonds. The van der Waals surface area contributed by atoms with Crippen LogP contribution in [0.3, 0.4) is 0 Å². The Morgan fingerprint density at radius 1 is 1.44 bits per heavy atom. The third kappa shape index (κ3) is 2.56. The van der Waals surface area contributed by atoms with E-state index in [0.717, 1.165) is 30.8 Å². The monoisotopic (exact) mass is 271 g/mol. The SMILES string of the molecule is CCCn1c(C)c(C(=O)OC)c(Cl)c1C(C)CC. The number of rotatable bonds is 5. The molecule has 0 saturated carbocycles. The topological polar surface area (TPSA) is 31.2 Å². The molecular weight excluding hydrogens is 250 g/mol. The third-order valence-electron chi connectivity index (χ3n) is 3.42. The van der Waals surface area contributed by atoms with E-state index in [1.54, 1.807) is 0 Å². The van der Waals surface area contributed by atoms with E-state index in [2.05, 4.69) is 25.3 Å². The standard InChI is InChI=1S/C14H22ClNO2/c1-6-8-16-10(4)11(14(17)18-5)12(15)13(16)9(3)7-2/h9H,6-8H2,1-5H3. The second kappa shape index (κ2) is 6.28. The van der Waals surface area contributed by atoms with Gasteiger partial charge in [-0.3, -0.25) is 0 Å². The molecule has 0 saturated heterocycles. The van der Waals surface area contributed by atoms with Crippen LogP contribution in [0.15, 0.2) is 0 Å². The maximum absolute atomic E-state index is 11.8. The maximum Gasteiger partial charge on any atom is 0.341 e. The molecule has 0 fully saturated rings. The second-order valence-corrected chi connectivity index (χ2v) is 4.99. The number of hydrogen-bond acceptors (Lipinski definition) is 2. The van der Waals surface area contributed by atoms with Gasteiger partial charge in [0.15, 0.2) is 0 Å². The molecule has 1 aromatic rings. The van der Waals surface area contributed by atoms with E-state index in [9.17, 15) is 4.79 Å². The molecule has 1 unspecified atom stereocenters. The third-order valence-corrected chi connectivity index (χ3v) is 3.80. The lowest BCUT2D eigenvalue weighted by molar-refractivity contribution is 0.0600. The molecule has 0 radical (unpaired) electrons. The number of methoxy groups -OCH3 is 1. The van der Waals surface area contributed by atoms with Gasteiger partial charge in [0.1, 0.15) is 0 Å². The van der Waals surface area contributed by atoms with E-state index in [-0.39, 0.29) is 5.97 Å². The normalized spacial score (nSPS) is 12.6. The van der Waals surface area contributed by atoms with Crippen molar-refractivity contribution < 1.29 is 9.53 Å². The molecule has 0 aromatic carbocycles. The fourth-order valence-corrected chi connectivity index (χ4v) is 2.75. The van der Waals surface area contributed by atoms with Crippen LogP contribution >= 0.6 is 11.6 Å². The Morgan fingerprint density at radius 3 is 2.50 bits per heavy atom. The van der Waals surface area contributed by atoms with Gasteiger partial charge in [-0.05, 0) is 25.7 Å². The average molecular weight is 272 g/mol. The minimum absolute atomic E-state index is 0.334. The van der Waals surface area contributed by atoms with Crippen LogP contribution in [0.2, 0.25) is 5.02 Å². The van der Waals surface area contributed by atoms with Crippen LogP contribution in [0.5, 0.6) is 0 Å². The van der Waals surface area contributed by atoms with Gasteiger partial charge in [-0.15, -0.1) is 0 Å². The number of esters is 1. The van der Waals surface area contributed by atoms with Crippen molar-refractivity contribution in [1.82, 2.24) is 4.57 Å². The second-order valence-electron chi connectivity index (χ2n) is 4.61. The molecule has 18 heavy (non-hydrogen) atoms. The molecule has 0 aliphatic rings. The van der Waals surface area contributed by atoms with E-state index in [4.69, 9.17) is 16.3 Å². The van der Waals surface area contributed by atoms with E-state index in [1.807, 2.05) is 6.92 Å². The highest BCUT2D eigenvalue weighted by Gasteiger charge is 2.26. The smallest absolute Gasteiger partial charge is 0.341 e.